The van der Waals surface area contributed by atoms with E-state index in [4.69, 9.17) is 9.47 Å². The third-order valence-electron chi connectivity index (χ3n) is 4.17. The normalized spacial score (nSPS) is 17.2. The Morgan fingerprint density at radius 3 is 2.57 bits per heavy atom. The van der Waals surface area contributed by atoms with Crippen LogP contribution < -0.4 is 9.46 Å². The summed E-state index contributed by atoms with van der Waals surface area (Å²) >= 11 is 0. The zero-order chi connectivity index (χ0) is 17.1. The quantitative estimate of drug-likeness (QED) is 0.846. The molecule has 1 saturated heterocycles. The fraction of sp³-hybridized carbons (Fsp3) is 0.625. The lowest BCUT2D eigenvalue weighted by atomic mass is 10.0. The molecular weight excluding hydrogens is 316 g/mol. The molecule has 23 heavy (non-hydrogen) atoms. The van der Waals surface area contributed by atoms with E-state index in [1.165, 1.54) is 7.11 Å². The van der Waals surface area contributed by atoms with Gasteiger partial charge in [0.05, 0.1) is 20.3 Å². The molecule has 0 radical (unpaired) electrons. The van der Waals surface area contributed by atoms with Crippen LogP contribution in [0.2, 0.25) is 0 Å². The van der Waals surface area contributed by atoms with Crippen molar-refractivity contribution in [2.75, 3.05) is 40.0 Å². The molecule has 0 saturated carbocycles. The van der Waals surface area contributed by atoms with Crippen molar-refractivity contribution in [2.45, 2.75) is 31.2 Å². The minimum atomic E-state index is -3.63. The molecule has 1 aromatic carbocycles. The summed E-state index contributed by atoms with van der Waals surface area (Å²) in [6.07, 6.45) is 0. The van der Waals surface area contributed by atoms with Crippen molar-refractivity contribution in [1.29, 1.82) is 0 Å². The summed E-state index contributed by atoms with van der Waals surface area (Å²) < 4.78 is 38.6. The molecule has 1 heterocycles. The standard InChI is InChI=1S/C16H26N2O4S/c1-13-5-6-14(21-4)15(11-13)23(19,20)17-12-16(2,3)18-7-9-22-10-8-18/h5-6,11,17H,7-10,12H2,1-4H3. The lowest BCUT2D eigenvalue weighted by Crippen LogP contribution is -2.55. The van der Waals surface area contributed by atoms with E-state index in [-0.39, 0.29) is 10.4 Å². The number of rotatable bonds is 6. The Morgan fingerprint density at radius 2 is 1.96 bits per heavy atom. The molecule has 0 atom stereocenters. The molecule has 1 aliphatic heterocycles. The highest BCUT2D eigenvalue weighted by atomic mass is 32.2. The van der Waals surface area contributed by atoms with Crippen molar-refractivity contribution in [3.63, 3.8) is 0 Å². The Balaban J connectivity index is 2.13. The second-order valence-electron chi connectivity index (χ2n) is 6.39. The maximum absolute atomic E-state index is 12.7. The second-order valence-corrected chi connectivity index (χ2v) is 8.13. The SMILES string of the molecule is COc1ccc(C)cc1S(=O)(=O)NCC(C)(C)N1CCOCC1. The van der Waals surface area contributed by atoms with Gasteiger partial charge in [-0.05, 0) is 38.5 Å². The number of hydrogen-bond donors (Lipinski definition) is 1. The summed E-state index contributed by atoms with van der Waals surface area (Å²) in [5, 5.41) is 0. The monoisotopic (exact) mass is 342 g/mol. The van der Waals surface area contributed by atoms with E-state index in [1.807, 2.05) is 26.8 Å². The molecule has 1 fully saturated rings. The van der Waals surface area contributed by atoms with Crippen LogP contribution in [0, 0.1) is 6.92 Å². The Kier molecular flexibility index (Phi) is 5.67. The summed E-state index contributed by atoms with van der Waals surface area (Å²) in [6.45, 7) is 9.24. The van der Waals surface area contributed by atoms with E-state index >= 15 is 0 Å². The van der Waals surface area contributed by atoms with Gasteiger partial charge in [-0.1, -0.05) is 6.07 Å². The van der Waals surface area contributed by atoms with Crippen LogP contribution in [-0.2, 0) is 14.8 Å². The van der Waals surface area contributed by atoms with Gasteiger partial charge in [-0.2, -0.15) is 0 Å². The molecule has 0 bridgehead atoms. The molecule has 0 aliphatic carbocycles. The summed E-state index contributed by atoms with van der Waals surface area (Å²) in [6, 6.07) is 5.13. The average Bonchev–Trinajstić information content (AvgIpc) is 2.54. The van der Waals surface area contributed by atoms with Crippen LogP contribution in [0.1, 0.15) is 19.4 Å². The molecule has 7 heteroatoms. The zero-order valence-corrected chi connectivity index (χ0v) is 15.1. The molecule has 6 nitrogen and oxygen atoms in total. The third-order valence-corrected chi connectivity index (χ3v) is 5.59. The van der Waals surface area contributed by atoms with Crippen LogP contribution in [0.4, 0.5) is 0 Å². The number of hydrogen-bond acceptors (Lipinski definition) is 5. The van der Waals surface area contributed by atoms with Gasteiger partial charge in [-0.15, -0.1) is 0 Å². The first kappa shape index (κ1) is 18.2. The summed E-state index contributed by atoms with van der Waals surface area (Å²) in [4.78, 5) is 2.42. The Bertz CT molecular complexity index is 637. The number of benzene rings is 1. The van der Waals surface area contributed by atoms with Gasteiger partial charge in [-0.3, -0.25) is 4.90 Å². The lowest BCUT2D eigenvalue weighted by molar-refractivity contribution is -0.00803. The van der Waals surface area contributed by atoms with Crippen molar-refractivity contribution < 1.29 is 17.9 Å². The van der Waals surface area contributed by atoms with Crippen LogP contribution in [0.25, 0.3) is 0 Å². The molecular formula is C16H26N2O4S. The number of methoxy groups -OCH3 is 1. The van der Waals surface area contributed by atoms with Gasteiger partial charge in [0, 0.05) is 25.2 Å². The van der Waals surface area contributed by atoms with Crippen molar-refractivity contribution in [3.05, 3.63) is 23.8 Å². The smallest absolute Gasteiger partial charge is 0.244 e. The zero-order valence-electron chi connectivity index (χ0n) is 14.3. The van der Waals surface area contributed by atoms with E-state index in [1.54, 1.807) is 12.1 Å². The largest absolute Gasteiger partial charge is 0.495 e. The fourth-order valence-corrected chi connectivity index (χ4v) is 4.08. The first-order valence-corrected chi connectivity index (χ1v) is 9.22. The highest BCUT2D eigenvalue weighted by Gasteiger charge is 2.30. The number of nitrogens with zero attached hydrogens (tertiary/aromatic N) is 1. The van der Waals surface area contributed by atoms with Crippen LogP contribution in [0.3, 0.4) is 0 Å². The summed E-state index contributed by atoms with van der Waals surface area (Å²) in [5.74, 6) is 0.354. The van der Waals surface area contributed by atoms with Crippen LogP contribution in [0.5, 0.6) is 5.75 Å². The van der Waals surface area contributed by atoms with Gasteiger partial charge < -0.3 is 9.47 Å². The predicted octanol–water partition coefficient (Wildman–Crippen LogP) is 1.39. The van der Waals surface area contributed by atoms with E-state index < -0.39 is 10.0 Å². The number of nitrogens with one attached hydrogen (secondary N) is 1. The number of morpholine rings is 1. The molecule has 0 unspecified atom stereocenters. The predicted molar refractivity (Wildman–Crippen MR) is 89.4 cm³/mol. The highest BCUT2D eigenvalue weighted by molar-refractivity contribution is 7.89. The maximum atomic E-state index is 12.7. The van der Waals surface area contributed by atoms with Crippen molar-refractivity contribution in [3.8, 4) is 5.75 Å². The number of sulfonamides is 1. The van der Waals surface area contributed by atoms with Crippen molar-refractivity contribution >= 4 is 10.0 Å². The third kappa shape index (κ3) is 4.44. The Labute approximate surface area is 138 Å². The van der Waals surface area contributed by atoms with Crippen molar-refractivity contribution in [1.82, 2.24) is 9.62 Å². The fourth-order valence-electron chi connectivity index (χ4n) is 2.62. The first-order valence-electron chi connectivity index (χ1n) is 7.73. The highest BCUT2D eigenvalue weighted by Crippen LogP contribution is 2.25. The van der Waals surface area contributed by atoms with E-state index in [9.17, 15) is 8.42 Å². The maximum Gasteiger partial charge on any atom is 0.244 e. The van der Waals surface area contributed by atoms with Gasteiger partial charge in [0.25, 0.3) is 0 Å². The van der Waals surface area contributed by atoms with Crippen LogP contribution in [0.15, 0.2) is 23.1 Å². The van der Waals surface area contributed by atoms with Crippen molar-refractivity contribution in [2.24, 2.45) is 0 Å². The van der Waals surface area contributed by atoms with Gasteiger partial charge in [0.1, 0.15) is 10.6 Å². The molecule has 1 N–H and O–H groups in total. The Hall–Kier alpha value is -1.15. The van der Waals surface area contributed by atoms with Crippen LogP contribution >= 0.6 is 0 Å². The first-order chi connectivity index (χ1) is 10.8. The number of aryl methyl sites for hydroxylation is 1. The summed E-state index contributed by atoms with van der Waals surface area (Å²) in [5.41, 5.74) is 0.590. The van der Waals surface area contributed by atoms with E-state index in [0.29, 0.717) is 25.5 Å². The molecule has 0 amide bonds. The van der Waals surface area contributed by atoms with Gasteiger partial charge in [0.15, 0.2) is 0 Å². The average molecular weight is 342 g/mol. The number of ether oxygens (including phenoxy) is 2. The topological polar surface area (TPSA) is 67.9 Å². The minimum Gasteiger partial charge on any atom is -0.495 e. The molecule has 1 aliphatic rings. The minimum absolute atomic E-state index is 0.178. The van der Waals surface area contributed by atoms with E-state index in [2.05, 4.69) is 9.62 Å². The molecule has 1 aromatic rings. The lowest BCUT2D eigenvalue weighted by Gasteiger charge is -2.40. The molecule has 130 valence electrons. The van der Waals surface area contributed by atoms with Gasteiger partial charge in [0.2, 0.25) is 10.0 Å². The second kappa shape index (κ2) is 7.17. The van der Waals surface area contributed by atoms with Gasteiger partial charge >= 0.3 is 0 Å². The van der Waals surface area contributed by atoms with E-state index in [0.717, 1.165) is 18.7 Å². The Morgan fingerprint density at radius 1 is 1.30 bits per heavy atom. The summed E-state index contributed by atoms with van der Waals surface area (Å²) in [7, 11) is -2.16. The van der Waals surface area contributed by atoms with Gasteiger partial charge in [-0.25, -0.2) is 13.1 Å². The molecule has 2 rings (SSSR count). The molecule has 0 spiro atoms. The van der Waals surface area contributed by atoms with Crippen LogP contribution in [-0.4, -0.2) is 58.8 Å². The molecule has 0 aromatic heterocycles.